The van der Waals surface area contributed by atoms with Crippen LogP contribution in [0.25, 0.3) is 10.8 Å². The van der Waals surface area contributed by atoms with Gasteiger partial charge >= 0.3 is 0 Å². The number of sulfone groups is 1. The second-order valence-corrected chi connectivity index (χ2v) is 8.78. The Balaban J connectivity index is 1.70. The first-order valence-electron chi connectivity index (χ1n) is 8.67. The summed E-state index contributed by atoms with van der Waals surface area (Å²) >= 11 is 0. The van der Waals surface area contributed by atoms with Gasteiger partial charge in [-0.1, -0.05) is 37.3 Å². The lowest BCUT2D eigenvalue weighted by Crippen LogP contribution is -2.13. The molecule has 0 unspecified atom stereocenters. The summed E-state index contributed by atoms with van der Waals surface area (Å²) in [7, 11) is -3.34. The highest BCUT2D eigenvalue weighted by Gasteiger charge is 2.18. The SMILES string of the molecule is CCS(=O)(=O)c1cccc(C(=O)Nc2ccc3c4c(cccc24)CC3)c1. The van der Waals surface area contributed by atoms with Crippen LogP contribution in [-0.4, -0.2) is 20.1 Å². The first-order chi connectivity index (χ1) is 12.5. The van der Waals surface area contributed by atoms with Crippen LogP contribution >= 0.6 is 0 Å². The molecule has 1 N–H and O–H groups in total. The number of carbonyl (C=O) groups is 1. The third kappa shape index (κ3) is 2.78. The molecule has 0 fully saturated rings. The Hall–Kier alpha value is -2.66. The molecule has 1 aliphatic carbocycles. The summed E-state index contributed by atoms with van der Waals surface area (Å²) in [6, 6.07) is 16.3. The van der Waals surface area contributed by atoms with E-state index in [1.54, 1.807) is 19.1 Å². The Bertz CT molecular complexity index is 1120. The maximum absolute atomic E-state index is 12.7. The number of hydrogen-bond donors (Lipinski definition) is 1. The molecule has 1 amide bonds. The number of amides is 1. The number of aryl methyl sites for hydroxylation is 2. The van der Waals surface area contributed by atoms with Crippen molar-refractivity contribution in [2.45, 2.75) is 24.7 Å². The van der Waals surface area contributed by atoms with Gasteiger partial charge in [0.2, 0.25) is 0 Å². The van der Waals surface area contributed by atoms with Gasteiger partial charge < -0.3 is 5.32 Å². The summed E-state index contributed by atoms with van der Waals surface area (Å²) in [6.45, 7) is 1.59. The van der Waals surface area contributed by atoms with Crippen LogP contribution in [0.15, 0.2) is 59.5 Å². The summed E-state index contributed by atoms with van der Waals surface area (Å²) in [5, 5.41) is 5.21. The predicted molar refractivity (Wildman–Crippen MR) is 103 cm³/mol. The molecule has 3 aromatic rings. The minimum Gasteiger partial charge on any atom is -0.321 e. The molecule has 0 aliphatic heterocycles. The summed E-state index contributed by atoms with van der Waals surface area (Å²) < 4.78 is 24.1. The Morgan fingerprint density at radius 2 is 1.73 bits per heavy atom. The number of rotatable bonds is 4. The fourth-order valence-electron chi connectivity index (χ4n) is 3.55. The zero-order valence-corrected chi connectivity index (χ0v) is 15.3. The van der Waals surface area contributed by atoms with Gasteiger partial charge in [0.15, 0.2) is 9.84 Å². The van der Waals surface area contributed by atoms with Gasteiger partial charge in [-0.2, -0.15) is 0 Å². The lowest BCUT2D eigenvalue weighted by molar-refractivity contribution is 0.102. The van der Waals surface area contributed by atoms with Crippen LogP contribution in [0.2, 0.25) is 0 Å². The van der Waals surface area contributed by atoms with E-state index in [0.29, 0.717) is 5.56 Å². The lowest BCUT2D eigenvalue weighted by Gasteiger charge is -2.11. The van der Waals surface area contributed by atoms with Crippen molar-refractivity contribution in [3.63, 3.8) is 0 Å². The van der Waals surface area contributed by atoms with Crippen molar-refractivity contribution in [3.8, 4) is 0 Å². The van der Waals surface area contributed by atoms with Gasteiger partial charge in [-0.15, -0.1) is 0 Å². The maximum atomic E-state index is 12.7. The molecule has 0 aromatic heterocycles. The predicted octanol–water partition coefficient (Wildman–Crippen LogP) is 3.98. The molecule has 26 heavy (non-hydrogen) atoms. The summed E-state index contributed by atoms with van der Waals surface area (Å²) in [6.07, 6.45) is 2.06. The molecule has 4 nitrogen and oxygen atoms in total. The van der Waals surface area contributed by atoms with E-state index >= 15 is 0 Å². The van der Waals surface area contributed by atoms with E-state index in [0.717, 1.165) is 23.9 Å². The number of hydrogen-bond acceptors (Lipinski definition) is 3. The Labute approximate surface area is 152 Å². The number of nitrogens with one attached hydrogen (secondary N) is 1. The zero-order valence-electron chi connectivity index (χ0n) is 14.5. The summed E-state index contributed by atoms with van der Waals surface area (Å²) in [5.74, 6) is -0.302. The summed E-state index contributed by atoms with van der Waals surface area (Å²) in [5.41, 5.74) is 3.71. The average Bonchev–Trinajstić information content (AvgIpc) is 3.09. The third-order valence-electron chi connectivity index (χ3n) is 4.96. The summed E-state index contributed by atoms with van der Waals surface area (Å²) in [4.78, 5) is 12.9. The molecule has 5 heteroatoms. The maximum Gasteiger partial charge on any atom is 0.255 e. The third-order valence-corrected chi connectivity index (χ3v) is 6.69. The van der Waals surface area contributed by atoms with E-state index in [9.17, 15) is 13.2 Å². The van der Waals surface area contributed by atoms with Crippen molar-refractivity contribution in [2.24, 2.45) is 0 Å². The number of benzene rings is 3. The Kier molecular flexibility index (Phi) is 4.04. The van der Waals surface area contributed by atoms with Crippen molar-refractivity contribution in [2.75, 3.05) is 11.1 Å². The van der Waals surface area contributed by atoms with E-state index < -0.39 is 9.84 Å². The lowest BCUT2D eigenvalue weighted by atomic mass is 10.0. The van der Waals surface area contributed by atoms with Crippen molar-refractivity contribution < 1.29 is 13.2 Å². The van der Waals surface area contributed by atoms with E-state index in [1.165, 1.54) is 28.6 Å². The highest BCUT2D eigenvalue weighted by atomic mass is 32.2. The molecule has 4 rings (SSSR count). The minimum absolute atomic E-state index is 0.00689. The van der Waals surface area contributed by atoms with Gasteiger partial charge in [0.05, 0.1) is 10.6 Å². The van der Waals surface area contributed by atoms with E-state index in [2.05, 4.69) is 17.4 Å². The molecule has 132 valence electrons. The second kappa shape index (κ2) is 6.25. The van der Waals surface area contributed by atoms with Crippen molar-refractivity contribution >= 4 is 32.2 Å². The van der Waals surface area contributed by atoms with Gasteiger partial charge in [0, 0.05) is 16.6 Å². The molecule has 3 aromatic carbocycles. The monoisotopic (exact) mass is 365 g/mol. The van der Waals surface area contributed by atoms with Crippen molar-refractivity contribution in [3.05, 3.63) is 71.3 Å². The van der Waals surface area contributed by atoms with Gasteiger partial charge in [-0.05, 0) is 53.6 Å². The van der Waals surface area contributed by atoms with Crippen molar-refractivity contribution in [1.82, 2.24) is 0 Å². The Morgan fingerprint density at radius 3 is 2.50 bits per heavy atom. The standard InChI is InChI=1S/C21H19NO3S/c1-2-26(24,25)17-7-3-6-16(13-17)21(23)22-19-12-11-15-10-9-14-5-4-8-18(19)20(14)15/h3-8,11-13H,2,9-10H2,1H3,(H,22,23). The highest BCUT2D eigenvalue weighted by molar-refractivity contribution is 7.91. The molecular weight excluding hydrogens is 346 g/mol. The van der Waals surface area contributed by atoms with E-state index in [4.69, 9.17) is 0 Å². The largest absolute Gasteiger partial charge is 0.321 e. The molecular formula is C21H19NO3S. The number of anilines is 1. The van der Waals surface area contributed by atoms with Crippen LogP contribution in [-0.2, 0) is 22.7 Å². The first kappa shape index (κ1) is 16.8. The van der Waals surface area contributed by atoms with Gasteiger partial charge in [0.1, 0.15) is 0 Å². The smallest absolute Gasteiger partial charge is 0.255 e. The molecule has 0 heterocycles. The van der Waals surface area contributed by atoms with E-state index in [1.807, 2.05) is 18.2 Å². The van der Waals surface area contributed by atoms with Crippen LogP contribution in [0, 0.1) is 0 Å². The van der Waals surface area contributed by atoms with Gasteiger partial charge in [-0.25, -0.2) is 8.42 Å². The zero-order chi connectivity index (χ0) is 18.3. The van der Waals surface area contributed by atoms with Crippen LogP contribution in [0.3, 0.4) is 0 Å². The topological polar surface area (TPSA) is 63.2 Å². The van der Waals surface area contributed by atoms with Crippen LogP contribution in [0.4, 0.5) is 5.69 Å². The molecule has 0 atom stereocenters. The molecule has 0 saturated heterocycles. The minimum atomic E-state index is -3.34. The average molecular weight is 365 g/mol. The molecule has 1 aliphatic rings. The molecule has 0 radical (unpaired) electrons. The van der Waals surface area contributed by atoms with E-state index in [-0.39, 0.29) is 16.6 Å². The quantitative estimate of drug-likeness (QED) is 0.760. The van der Waals surface area contributed by atoms with Gasteiger partial charge in [-0.3, -0.25) is 4.79 Å². The molecule has 0 bridgehead atoms. The van der Waals surface area contributed by atoms with Crippen LogP contribution in [0.1, 0.15) is 28.4 Å². The molecule has 0 saturated carbocycles. The van der Waals surface area contributed by atoms with Gasteiger partial charge in [0.25, 0.3) is 5.91 Å². The second-order valence-electron chi connectivity index (χ2n) is 6.50. The van der Waals surface area contributed by atoms with Crippen LogP contribution in [0.5, 0.6) is 0 Å². The van der Waals surface area contributed by atoms with Crippen molar-refractivity contribution in [1.29, 1.82) is 0 Å². The normalized spacial score (nSPS) is 13.1. The number of carbonyl (C=O) groups excluding carboxylic acids is 1. The van der Waals surface area contributed by atoms with Crippen LogP contribution < -0.4 is 5.32 Å². The first-order valence-corrected chi connectivity index (χ1v) is 10.3. The highest BCUT2D eigenvalue weighted by Crippen LogP contribution is 2.35. The fraction of sp³-hybridized carbons (Fsp3) is 0.190. The molecule has 0 spiro atoms. The fourth-order valence-corrected chi connectivity index (χ4v) is 4.47. The Morgan fingerprint density at radius 1 is 1.00 bits per heavy atom.